The molecule has 0 radical (unpaired) electrons. The molecule has 0 unspecified atom stereocenters. The molecular weight excluding hydrogens is 388 g/mol. The van der Waals surface area contributed by atoms with Crippen LogP contribution >= 0.6 is 34.5 Å². The lowest BCUT2D eigenvalue weighted by Crippen LogP contribution is -1.98. The van der Waals surface area contributed by atoms with Crippen LogP contribution in [0.3, 0.4) is 0 Å². The topological polar surface area (TPSA) is 65.2 Å². The third-order valence-corrected chi connectivity index (χ3v) is 4.69. The fourth-order valence-corrected chi connectivity index (χ4v) is 3.38. The second kappa shape index (κ2) is 6.55. The molecule has 3 heterocycles. The van der Waals surface area contributed by atoms with Crippen LogP contribution in [-0.4, -0.2) is 24.8 Å². The van der Waals surface area contributed by atoms with E-state index in [4.69, 9.17) is 27.9 Å². The molecule has 0 aliphatic heterocycles. The van der Waals surface area contributed by atoms with Gasteiger partial charge in [-0.25, -0.2) is 4.39 Å². The summed E-state index contributed by atoms with van der Waals surface area (Å²) in [6, 6.07) is 6.49. The molecular formula is C15H8Cl2FN5OS. The minimum atomic E-state index is -0.490. The standard InChI is InChI=1S/C15H8Cl2FN5OS/c16-8-1-2-12(10(17)5-8)24-7-13-22-23-14(20-21-15(23)25-13)9-3-4-19-6-11(9)18/h1-6H,7H2. The fraction of sp³-hybridized carbons (Fsp3) is 0.0667. The molecule has 6 nitrogen and oxygen atoms in total. The van der Waals surface area contributed by atoms with Gasteiger partial charge in [0.25, 0.3) is 0 Å². The number of hydrogen-bond donors (Lipinski definition) is 0. The van der Waals surface area contributed by atoms with Crippen LogP contribution in [0.5, 0.6) is 5.75 Å². The van der Waals surface area contributed by atoms with Gasteiger partial charge in [-0.05, 0) is 24.3 Å². The quantitative estimate of drug-likeness (QED) is 0.516. The first-order valence-corrected chi connectivity index (χ1v) is 8.58. The van der Waals surface area contributed by atoms with Gasteiger partial charge in [0, 0.05) is 11.2 Å². The maximum atomic E-state index is 13.9. The highest BCUT2D eigenvalue weighted by atomic mass is 35.5. The van der Waals surface area contributed by atoms with E-state index in [1.807, 2.05) is 0 Å². The predicted molar refractivity (Wildman–Crippen MR) is 92.6 cm³/mol. The maximum Gasteiger partial charge on any atom is 0.235 e. The van der Waals surface area contributed by atoms with E-state index < -0.39 is 5.82 Å². The summed E-state index contributed by atoms with van der Waals surface area (Å²) in [5.74, 6) is 0.315. The van der Waals surface area contributed by atoms with Crippen molar-refractivity contribution in [2.45, 2.75) is 6.61 Å². The Balaban J connectivity index is 1.61. The molecule has 0 N–H and O–H groups in total. The summed E-state index contributed by atoms with van der Waals surface area (Å²) >= 11 is 13.2. The summed E-state index contributed by atoms with van der Waals surface area (Å²) < 4.78 is 21.1. The van der Waals surface area contributed by atoms with Crippen molar-refractivity contribution >= 4 is 39.5 Å². The second-order valence-corrected chi connectivity index (χ2v) is 6.82. The zero-order chi connectivity index (χ0) is 17.4. The zero-order valence-electron chi connectivity index (χ0n) is 12.4. The molecule has 0 saturated heterocycles. The first kappa shape index (κ1) is 16.2. The molecule has 3 aromatic heterocycles. The van der Waals surface area contributed by atoms with Crippen LogP contribution in [-0.2, 0) is 6.61 Å². The number of rotatable bonds is 4. The average Bonchev–Trinajstić information content (AvgIpc) is 3.15. The van der Waals surface area contributed by atoms with E-state index in [0.717, 1.165) is 6.20 Å². The molecule has 0 bridgehead atoms. The predicted octanol–water partition coefficient (Wildman–Crippen LogP) is 4.27. The summed E-state index contributed by atoms with van der Waals surface area (Å²) in [5.41, 5.74) is 0.279. The summed E-state index contributed by atoms with van der Waals surface area (Å²) in [6.07, 6.45) is 2.60. The largest absolute Gasteiger partial charge is 0.485 e. The van der Waals surface area contributed by atoms with Gasteiger partial charge < -0.3 is 4.74 Å². The number of pyridine rings is 1. The van der Waals surface area contributed by atoms with E-state index in [1.165, 1.54) is 28.1 Å². The summed E-state index contributed by atoms with van der Waals surface area (Å²) in [7, 11) is 0. The van der Waals surface area contributed by atoms with Crippen molar-refractivity contribution in [3.05, 3.63) is 57.5 Å². The van der Waals surface area contributed by atoms with E-state index in [9.17, 15) is 4.39 Å². The molecule has 0 aliphatic carbocycles. The van der Waals surface area contributed by atoms with Crippen molar-refractivity contribution in [1.82, 2.24) is 24.8 Å². The lowest BCUT2D eigenvalue weighted by molar-refractivity contribution is 0.304. The Kier molecular flexibility index (Phi) is 4.24. The number of ether oxygens (including phenoxy) is 1. The number of aromatic nitrogens is 5. The lowest BCUT2D eigenvalue weighted by atomic mass is 10.2. The third-order valence-electron chi connectivity index (χ3n) is 3.29. The Morgan fingerprint density at radius 1 is 1.20 bits per heavy atom. The Bertz CT molecular complexity index is 1070. The molecule has 0 amide bonds. The van der Waals surface area contributed by atoms with Crippen LogP contribution in [0, 0.1) is 5.82 Å². The van der Waals surface area contributed by atoms with Crippen LogP contribution in [0.25, 0.3) is 16.3 Å². The lowest BCUT2D eigenvalue weighted by Gasteiger charge is -2.05. The van der Waals surface area contributed by atoms with E-state index in [2.05, 4.69) is 20.3 Å². The van der Waals surface area contributed by atoms with Crippen molar-refractivity contribution < 1.29 is 9.13 Å². The number of benzene rings is 1. The Morgan fingerprint density at radius 3 is 2.88 bits per heavy atom. The van der Waals surface area contributed by atoms with Crippen molar-refractivity contribution in [2.75, 3.05) is 0 Å². The van der Waals surface area contributed by atoms with E-state index in [1.54, 1.807) is 18.2 Å². The van der Waals surface area contributed by atoms with Crippen LogP contribution in [0.2, 0.25) is 10.0 Å². The second-order valence-electron chi connectivity index (χ2n) is 4.93. The summed E-state index contributed by atoms with van der Waals surface area (Å²) in [4.78, 5) is 4.26. The number of fused-ring (bicyclic) bond motifs is 1. The normalized spacial score (nSPS) is 11.2. The highest BCUT2D eigenvalue weighted by Gasteiger charge is 2.16. The van der Waals surface area contributed by atoms with Crippen molar-refractivity contribution in [1.29, 1.82) is 0 Å². The highest BCUT2D eigenvalue weighted by Crippen LogP contribution is 2.29. The van der Waals surface area contributed by atoms with Gasteiger partial charge in [-0.15, -0.1) is 10.2 Å². The summed E-state index contributed by atoms with van der Waals surface area (Å²) in [6.45, 7) is 0.188. The van der Waals surface area contributed by atoms with Gasteiger partial charge in [0.1, 0.15) is 12.4 Å². The molecule has 0 spiro atoms. The third kappa shape index (κ3) is 3.15. The Hall–Kier alpha value is -2.29. The molecule has 4 rings (SSSR count). The van der Waals surface area contributed by atoms with Gasteiger partial charge in [-0.2, -0.15) is 9.61 Å². The minimum absolute atomic E-state index is 0.188. The molecule has 1 aromatic carbocycles. The average molecular weight is 396 g/mol. The van der Waals surface area contributed by atoms with Gasteiger partial charge in [0.2, 0.25) is 4.96 Å². The van der Waals surface area contributed by atoms with Gasteiger partial charge in [-0.1, -0.05) is 34.5 Å². The smallest absolute Gasteiger partial charge is 0.235 e. The van der Waals surface area contributed by atoms with Gasteiger partial charge in [0.15, 0.2) is 16.6 Å². The Labute approximate surface area is 154 Å². The van der Waals surface area contributed by atoms with Crippen LogP contribution in [0.1, 0.15) is 5.01 Å². The van der Waals surface area contributed by atoms with E-state index >= 15 is 0 Å². The van der Waals surface area contributed by atoms with E-state index in [-0.39, 0.29) is 12.2 Å². The fourth-order valence-electron chi connectivity index (χ4n) is 2.17. The molecule has 25 heavy (non-hydrogen) atoms. The van der Waals surface area contributed by atoms with Crippen molar-refractivity contribution in [3.8, 4) is 17.1 Å². The summed E-state index contributed by atoms with van der Waals surface area (Å²) in [5, 5.41) is 14.0. The SMILES string of the molecule is Fc1cnccc1-c1nnc2sc(COc3ccc(Cl)cc3Cl)nn12. The molecule has 0 saturated carbocycles. The van der Waals surface area contributed by atoms with Gasteiger partial charge >= 0.3 is 0 Å². The first-order chi connectivity index (χ1) is 12.1. The Morgan fingerprint density at radius 2 is 2.08 bits per heavy atom. The van der Waals surface area contributed by atoms with Crippen molar-refractivity contribution in [2.24, 2.45) is 0 Å². The molecule has 10 heteroatoms. The molecule has 4 aromatic rings. The maximum absolute atomic E-state index is 13.9. The van der Waals surface area contributed by atoms with Crippen molar-refractivity contribution in [3.63, 3.8) is 0 Å². The minimum Gasteiger partial charge on any atom is -0.485 e. The number of nitrogens with zero attached hydrogens (tertiary/aromatic N) is 5. The van der Waals surface area contributed by atoms with Crippen LogP contribution in [0.4, 0.5) is 4.39 Å². The molecule has 0 atom stereocenters. The molecule has 0 aliphatic rings. The number of halogens is 3. The molecule has 0 fully saturated rings. The molecule has 126 valence electrons. The zero-order valence-corrected chi connectivity index (χ0v) is 14.7. The highest BCUT2D eigenvalue weighted by molar-refractivity contribution is 7.16. The first-order valence-electron chi connectivity index (χ1n) is 7.00. The van der Waals surface area contributed by atoms with Crippen LogP contribution < -0.4 is 4.74 Å². The van der Waals surface area contributed by atoms with Gasteiger partial charge in [-0.3, -0.25) is 4.98 Å². The van der Waals surface area contributed by atoms with E-state index in [0.29, 0.717) is 31.6 Å². The van der Waals surface area contributed by atoms with Gasteiger partial charge in [0.05, 0.1) is 16.8 Å². The van der Waals surface area contributed by atoms with Crippen LogP contribution in [0.15, 0.2) is 36.7 Å². The number of hydrogen-bond acceptors (Lipinski definition) is 6. The monoisotopic (exact) mass is 395 g/mol.